The number of benzene rings is 1. The van der Waals surface area contributed by atoms with Gasteiger partial charge >= 0.3 is 0 Å². The van der Waals surface area contributed by atoms with Gasteiger partial charge in [-0.3, -0.25) is 9.35 Å². The second kappa shape index (κ2) is 7.57. The van der Waals surface area contributed by atoms with E-state index in [1.807, 2.05) is 0 Å². The first kappa shape index (κ1) is 18.1. The fourth-order valence-electron chi connectivity index (χ4n) is 1.85. The van der Waals surface area contributed by atoms with Crippen LogP contribution < -0.4 is 10.6 Å². The number of rotatable bonds is 5. The molecular formula is C16H14N4O4S. The molecule has 8 nitrogen and oxygen atoms in total. The molecule has 25 heavy (non-hydrogen) atoms. The van der Waals surface area contributed by atoms with E-state index in [2.05, 4.69) is 15.6 Å². The van der Waals surface area contributed by atoms with Gasteiger partial charge in [0, 0.05) is 17.6 Å². The topological polar surface area (TPSA) is 132 Å². The Hall–Kier alpha value is -3.22. The highest BCUT2D eigenvalue weighted by Crippen LogP contribution is 2.16. The molecule has 9 heteroatoms. The van der Waals surface area contributed by atoms with Crippen LogP contribution in [-0.2, 0) is 14.9 Å². The largest absolute Gasteiger partial charge is 0.345 e. The minimum atomic E-state index is -4.39. The molecule has 0 unspecified atom stereocenters. The van der Waals surface area contributed by atoms with Gasteiger partial charge in [-0.2, -0.15) is 13.7 Å². The number of carbonyl (C=O) groups excluding carboxylic acids is 1. The molecule has 1 aromatic carbocycles. The van der Waals surface area contributed by atoms with Gasteiger partial charge in [-0.1, -0.05) is 12.1 Å². The van der Waals surface area contributed by atoms with Crippen molar-refractivity contribution in [3.8, 4) is 6.07 Å². The summed E-state index contributed by atoms with van der Waals surface area (Å²) >= 11 is 0. The molecular weight excluding hydrogens is 344 g/mol. The molecule has 0 radical (unpaired) electrons. The molecule has 0 aliphatic rings. The highest BCUT2D eigenvalue weighted by molar-refractivity contribution is 7.85. The average molecular weight is 358 g/mol. The van der Waals surface area contributed by atoms with E-state index >= 15 is 0 Å². The van der Waals surface area contributed by atoms with Crippen LogP contribution in [0.4, 0.5) is 11.5 Å². The van der Waals surface area contributed by atoms with Crippen LogP contribution in [0.1, 0.15) is 5.69 Å². The Balaban J connectivity index is 2.15. The lowest BCUT2D eigenvalue weighted by Crippen LogP contribution is -2.15. The van der Waals surface area contributed by atoms with Gasteiger partial charge in [0.2, 0.25) is 0 Å². The van der Waals surface area contributed by atoms with Gasteiger partial charge in [-0.05, 0) is 37.3 Å². The maximum absolute atomic E-state index is 12.1. The SMILES string of the molecule is Cc1cccc(N/C=C(/C#N)C(=O)Nc2cccc(S(=O)(=O)O)c2)n1. The first-order valence-corrected chi connectivity index (χ1v) is 8.43. The fourth-order valence-corrected chi connectivity index (χ4v) is 2.38. The van der Waals surface area contributed by atoms with Crippen molar-refractivity contribution in [3.63, 3.8) is 0 Å². The maximum atomic E-state index is 12.1. The zero-order chi connectivity index (χ0) is 18.4. The summed E-state index contributed by atoms with van der Waals surface area (Å²) in [5.41, 5.74) is 0.652. The molecule has 0 aliphatic heterocycles. The maximum Gasteiger partial charge on any atom is 0.294 e. The van der Waals surface area contributed by atoms with Gasteiger partial charge in [-0.25, -0.2) is 4.98 Å². The summed E-state index contributed by atoms with van der Waals surface area (Å²) in [6.07, 6.45) is 1.20. The quantitative estimate of drug-likeness (QED) is 0.423. The number of aryl methyl sites for hydroxylation is 1. The van der Waals surface area contributed by atoms with Crippen molar-refractivity contribution in [1.29, 1.82) is 5.26 Å². The molecule has 0 bridgehead atoms. The zero-order valence-corrected chi connectivity index (χ0v) is 13.9. The van der Waals surface area contributed by atoms with Crippen molar-refractivity contribution in [1.82, 2.24) is 4.98 Å². The van der Waals surface area contributed by atoms with E-state index in [4.69, 9.17) is 9.81 Å². The zero-order valence-electron chi connectivity index (χ0n) is 13.1. The summed E-state index contributed by atoms with van der Waals surface area (Å²) in [6, 6.07) is 12.0. The Bertz CT molecular complexity index is 978. The molecule has 0 spiro atoms. The third kappa shape index (κ3) is 5.13. The summed E-state index contributed by atoms with van der Waals surface area (Å²) in [5, 5.41) is 14.2. The molecule has 2 rings (SSSR count). The monoisotopic (exact) mass is 358 g/mol. The smallest absolute Gasteiger partial charge is 0.294 e. The van der Waals surface area contributed by atoms with E-state index < -0.39 is 16.0 Å². The van der Waals surface area contributed by atoms with Crippen molar-refractivity contribution < 1.29 is 17.8 Å². The van der Waals surface area contributed by atoms with Crippen LogP contribution >= 0.6 is 0 Å². The molecule has 0 fully saturated rings. The predicted octanol–water partition coefficient (Wildman–Crippen LogP) is 2.09. The van der Waals surface area contributed by atoms with E-state index in [-0.39, 0.29) is 16.2 Å². The van der Waals surface area contributed by atoms with Gasteiger partial charge in [0.05, 0.1) is 4.90 Å². The summed E-state index contributed by atoms with van der Waals surface area (Å²) in [5.74, 6) is -0.274. The van der Waals surface area contributed by atoms with E-state index in [1.54, 1.807) is 31.2 Å². The Kier molecular flexibility index (Phi) is 5.49. The molecule has 0 saturated carbocycles. The van der Waals surface area contributed by atoms with Crippen LogP contribution in [0.15, 0.2) is 59.1 Å². The van der Waals surface area contributed by atoms with E-state index in [9.17, 15) is 13.2 Å². The second-order valence-electron chi connectivity index (χ2n) is 4.94. The minimum Gasteiger partial charge on any atom is -0.345 e. The van der Waals surface area contributed by atoms with E-state index in [1.165, 1.54) is 24.4 Å². The van der Waals surface area contributed by atoms with Crippen molar-refractivity contribution >= 4 is 27.5 Å². The van der Waals surface area contributed by atoms with Gasteiger partial charge in [0.1, 0.15) is 17.5 Å². The number of nitrogens with zero attached hydrogens (tertiary/aromatic N) is 2. The Morgan fingerprint density at radius 2 is 2.00 bits per heavy atom. The lowest BCUT2D eigenvalue weighted by atomic mass is 10.2. The van der Waals surface area contributed by atoms with Crippen LogP contribution in [0, 0.1) is 18.3 Å². The Labute approximate surface area is 144 Å². The first-order valence-electron chi connectivity index (χ1n) is 6.99. The lowest BCUT2D eigenvalue weighted by molar-refractivity contribution is -0.112. The number of amides is 1. The third-order valence-electron chi connectivity index (χ3n) is 3.01. The Morgan fingerprint density at radius 1 is 1.28 bits per heavy atom. The van der Waals surface area contributed by atoms with Crippen LogP contribution in [0.3, 0.4) is 0 Å². The van der Waals surface area contributed by atoms with Crippen LogP contribution in [0.5, 0.6) is 0 Å². The standard InChI is InChI=1S/C16H14N4O4S/c1-11-4-2-7-15(19-11)18-10-12(9-17)16(21)20-13-5-3-6-14(8-13)25(22,23)24/h2-8,10H,1H3,(H,18,19)(H,20,21)(H,22,23,24)/b12-10-. The fraction of sp³-hybridized carbons (Fsp3) is 0.0625. The molecule has 128 valence electrons. The van der Waals surface area contributed by atoms with Gasteiger partial charge < -0.3 is 10.6 Å². The predicted molar refractivity (Wildman–Crippen MR) is 91.2 cm³/mol. The number of hydrogen-bond acceptors (Lipinski definition) is 6. The van der Waals surface area contributed by atoms with Crippen LogP contribution in [0.2, 0.25) is 0 Å². The summed E-state index contributed by atoms with van der Waals surface area (Å²) in [7, 11) is -4.39. The molecule has 3 N–H and O–H groups in total. The van der Waals surface area contributed by atoms with Crippen molar-refractivity contribution in [2.75, 3.05) is 10.6 Å². The molecule has 0 aliphatic carbocycles. The lowest BCUT2D eigenvalue weighted by Gasteiger charge is -2.06. The minimum absolute atomic E-state index is 0.120. The molecule has 1 amide bonds. The van der Waals surface area contributed by atoms with Crippen molar-refractivity contribution in [3.05, 3.63) is 59.9 Å². The number of hydrogen-bond donors (Lipinski definition) is 3. The molecule has 1 heterocycles. The summed E-state index contributed by atoms with van der Waals surface area (Å²) < 4.78 is 31.2. The normalized spacial score (nSPS) is 11.5. The molecule has 0 atom stereocenters. The number of nitrogens with one attached hydrogen (secondary N) is 2. The highest BCUT2D eigenvalue weighted by atomic mass is 32.2. The van der Waals surface area contributed by atoms with E-state index in [0.717, 1.165) is 11.8 Å². The van der Waals surface area contributed by atoms with Crippen LogP contribution in [0.25, 0.3) is 0 Å². The number of anilines is 2. The van der Waals surface area contributed by atoms with E-state index in [0.29, 0.717) is 5.82 Å². The molecule has 0 saturated heterocycles. The van der Waals surface area contributed by atoms with Crippen molar-refractivity contribution in [2.24, 2.45) is 0 Å². The van der Waals surface area contributed by atoms with Crippen molar-refractivity contribution in [2.45, 2.75) is 11.8 Å². The van der Waals surface area contributed by atoms with Crippen LogP contribution in [-0.4, -0.2) is 23.9 Å². The van der Waals surface area contributed by atoms with Gasteiger partial charge in [-0.15, -0.1) is 0 Å². The van der Waals surface area contributed by atoms with Gasteiger partial charge in [0.25, 0.3) is 16.0 Å². The molecule has 2 aromatic rings. The summed E-state index contributed by atoms with van der Waals surface area (Å²) in [6.45, 7) is 1.80. The first-order chi connectivity index (χ1) is 11.8. The van der Waals surface area contributed by atoms with Gasteiger partial charge in [0.15, 0.2) is 0 Å². The number of aromatic nitrogens is 1. The number of nitriles is 1. The highest BCUT2D eigenvalue weighted by Gasteiger charge is 2.13. The Morgan fingerprint density at radius 3 is 2.64 bits per heavy atom. The number of pyridine rings is 1. The summed E-state index contributed by atoms with van der Waals surface area (Å²) in [4.78, 5) is 15.9. The third-order valence-corrected chi connectivity index (χ3v) is 3.86. The number of carbonyl (C=O) groups is 1. The average Bonchev–Trinajstić information content (AvgIpc) is 2.55. The second-order valence-corrected chi connectivity index (χ2v) is 6.36. The molecule has 1 aromatic heterocycles.